The van der Waals surface area contributed by atoms with E-state index in [-0.39, 0.29) is 18.0 Å². The van der Waals surface area contributed by atoms with Gasteiger partial charge in [0.1, 0.15) is 0 Å². The lowest BCUT2D eigenvalue weighted by molar-refractivity contribution is -0.135. The SMILES string of the molecule is CC1CCNC1C(=O)N1CCCC1c1ccc[nH]1. The van der Waals surface area contributed by atoms with E-state index in [1.54, 1.807) is 0 Å². The zero-order valence-corrected chi connectivity index (χ0v) is 10.9. The summed E-state index contributed by atoms with van der Waals surface area (Å²) in [4.78, 5) is 17.9. The number of rotatable bonds is 2. The number of carbonyl (C=O) groups excluding carboxylic acids is 1. The van der Waals surface area contributed by atoms with Gasteiger partial charge in [0.05, 0.1) is 12.1 Å². The minimum absolute atomic E-state index is 0.0283. The van der Waals surface area contributed by atoms with Crippen LogP contribution < -0.4 is 5.32 Å². The van der Waals surface area contributed by atoms with Gasteiger partial charge in [-0.1, -0.05) is 6.92 Å². The average molecular weight is 247 g/mol. The third-order valence-corrected chi connectivity index (χ3v) is 4.32. The van der Waals surface area contributed by atoms with Crippen LogP contribution in [0.2, 0.25) is 0 Å². The maximum absolute atomic E-state index is 12.6. The number of H-pyrrole nitrogens is 1. The van der Waals surface area contributed by atoms with Gasteiger partial charge in [0.25, 0.3) is 0 Å². The highest BCUT2D eigenvalue weighted by Crippen LogP contribution is 2.32. The molecule has 18 heavy (non-hydrogen) atoms. The van der Waals surface area contributed by atoms with Crippen LogP contribution in [0.25, 0.3) is 0 Å². The van der Waals surface area contributed by atoms with Gasteiger partial charge in [0.2, 0.25) is 5.91 Å². The van der Waals surface area contributed by atoms with Gasteiger partial charge in [-0.05, 0) is 43.9 Å². The second-order valence-electron chi connectivity index (χ2n) is 5.51. The normalized spacial score (nSPS) is 32.1. The lowest BCUT2D eigenvalue weighted by Gasteiger charge is -2.28. The summed E-state index contributed by atoms with van der Waals surface area (Å²) in [6, 6.07) is 4.37. The Kier molecular flexibility index (Phi) is 3.12. The van der Waals surface area contributed by atoms with Crippen LogP contribution in [-0.2, 0) is 4.79 Å². The van der Waals surface area contributed by atoms with E-state index in [0.29, 0.717) is 5.92 Å². The standard InChI is InChI=1S/C14H21N3O/c1-10-6-8-16-13(10)14(18)17-9-3-5-12(17)11-4-2-7-15-11/h2,4,7,10,12-13,15-16H,3,5-6,8-9H2,1H3. The summed E-state index contributed by atoms with van der Waals surface area (Å²) >= 11 is 0. The van der Waals surface area contributed by atoms with Crippen molar-refractivity contribution in [1.29, 1.82) is 0 Å². The summed E-state index contributed by atoms with van der Waals surface area (Å²) in [5.41, 5.74) is 1.17. The molecule has 4 nitrogen and oxygen atoms in total. The molecular weight excluding hydrogens is 226 g/mol. The first kappa shape index (κ1) is 11.8. The minimum atomic E-state index is 0.0283. The Balaban J connectivity index is 1.76. The van der Waals surface area contributed by atoms with Crippen LogP contribution >= 0.6 is 0 Å². The van der Waals surface area contributed by atoms with Crippen LogP contribution in [0.5, 0.6) is 0 Å². The Bertz CT molecular complexity index is 415. The van der Waals surface area contributed by atoms with Gasteiger partial charge in [-0.3, -0.25) is 4.79 Å². The van der Waals surface area contributed by atoms with Crippen LogP contribution in [-0.4, -0.2) is 34.9 Å². The van der Waals surface area contributed by atoms with Crippen LogP contribution in [0, 0.1) is 5.92 Å². The van der Waals surface area contributed by atoms with E-state index in [4.69, 9.17) is 0 Å². The number of nitrogens with zero attached hydrogens (tertiary/aromatic N) is 1. The van der Waals surface area contributed by atoms with Gasteiger partial charge in [-0.25, -0.2) is 0 Å². The second-order valence-corrected chi connectivity index (χ2v) is 5.51. The van der Waals surface area contributed by atoms with E-state index >= 15 is 0 Å². The molecule has 0 aliphatic carbocycles. The maximum atomic E-state index is 12.6. The van der Waals surface area contributed by atoms with Crippen molar-refractivity contribution in [3.8, 4) is 0 Å². The number of aromatic amines is 1. The van der Waals surface area contributed by atoms with Crippen LogP contribution in [0.1, 0.15) is 37.9 Å². The third kappa shape index (κ3) is 1.94. The summed E-state index contributed by atoms with van der Waals surface area (Å²) in [6.45, 7) is 4.04. The fraction of sp³-hybridized carbons (Fsp3) is 0.643. The monoisotopic (exact) mass is 247 g/mol. The Hall–Kier alpha value is -1.29. The number of carbonyl (C=O) groups is 1. The molecule has 3 atom stereocenters. The van der Waals surface area contributed by atoms with Gasteiger partial charge >= 0.3 is 0 Å². The van der Waals surface area contributed by atoms with Crippen molar-refractivity contribution in [3.63, 3.8) is 0 Å². The highest BCUT2D eigenvalue weighted by Gasteiger charge is 2.38. The first-order valence-electron chi connectivity index (χ1n) is 6.94. The van der Waals surface area contributed by atoms with Crippen LogP contribution in [0.4, 0.5) is 0 Å². The van der Waals surface area contributed by atoms with Crippen molar-refractivity contribution < 1.29 is 4.79 Å². The highest BCUT2D eigenvalue weighted by molar-refractivity contribution is 5.83. The number of likely N-dealkylation sites (tertiary alicyclic amines) is 1. The maximum Gasteiger partial charge on any atom is 0.240 e. The number of amides is 1. The molecule has 1 aromatic heterocycles. The molecule has 3 heterocycles. The van der Waals surface area contributed by atoms with Crippen molar-refractivity contribution in [2.45, 2.75) is 38.3 Å². The smallest absolute Gasteiger partial charge is 0.240 e. The molecule has 3 unspecified atom stereocenters. The van der Waals surface area contributed by atoms with Gasteiger partial charge in [-0.15, -0.1) is 0 Å². The quantitative estimate of drug-likeness (QED) is 0.835. The van der Waals surface area contributed by atoms with E-state index in [0.717, 1.165) is 32.4 Å². The van der Waals surface area contributed by atoms with E-state index in [1.165, 1.54) is 5.69 Å². The first-order chi connectivity index (χ1) is 8.77. The van der Waals surface area contributed by atoms with Crippen molar-refractivity contribution in [2.75, 3.05) is 13.1 Å². The van der Waals surface area contributed by atoms with Crippen LogP contribution in [0.15, 0.2) is 18.3 Å². The molecule has 2 aliphatic heterocycles. The van der Waals surface area contributed by atoms with Gasteiger partial charge in [0.15, 0.2) is 0 Å². The second kappa shape index (κ2) is 4.76. The number of aromatic nitrogens is 1. The molecule has 1 amide bonds. The predicted octanol–water partition coefficient (Wildman–Crippen LogP) is 1.68. The number of hydrogen-bond donors (Lipinski definition) is 2. The van der Waals surface area contributed by atoms with Gasteiger partial charge in [0, 0.05) is 18.4 Å². The van der Waals surface area contributed by atoms with Gasteiger partial charge < -0.3 is 15.2 Å². The molecule has 0 aromatic carbocycles. The molecular formula is C14H21N3O. The molecule has 2 aliphatic rings. The summed E-state index contributed by atoms with van der Waals surface area (Å²) in [7, 11) is 0. The molecule has 2 N–H and O–H groups in total. The molecule has 98 valence electrons. The first-order valence-corrected chi connectivity index (χ1v) is 6.94. The fourth-order valence-corrected chi connectivity index (χ4v) is 3.25. The molecule has 0 bridgehead atoms. The molecule has 2 fully saturated rings. The molecule has 4 heteroatoms. The van der Waals surface area contributed by atoms with E-state index in [2.05, 4.69) is 28.2 Å². The number of hydrogen-bond acceptors (Lipinski definition) is 2. The highest BCUT2D eigenvalue weighted by atomic mass is 16.2. The fourth-order valence-electron chi connectivity index (χ4n) is 3.25. The van der Waals surface area contributed by atoms with E-state index in [1.807, 2.05) is 12.3 Å². The van der Waals surface area contributed by atoms with Crippen LogP contribution in [0.3, 0.4) is 0 Å². The van der Waals surface area contributed by atoms with Gasteiger partial charge in [-0.2, -0.15) is 0 Å². The number of nitrogens with one attached hydrogen (secondary N) is 2. The van der Waals surface area contributed by atoms with Crippen molar-refractivity contribution in [1.82, 2.24) is 15.2 Å². The molecule has 0 radical (unpaired) electrons. The predicted molar refractivity (Wildman–Crippen MR) is 70.1 cm³/mol. The molecule has 1 aromatic rings. The summed E-state index contributed by atoms with van der Waals surface area (Å²) in [5.74, 6) is 0.750. The topological polar surface area (TPSA) is 48.1 Å². The van der Waals surface area contributed by atoms with Crippen molar-refractivity contribution >= 4 is 5.91 Å². The molecule has 2 saturated heterocycles. The summed E-state index contributed by atoms with van der Waals surface area (Å²) < 4.78 is 0. The largest absolute Gasteiger partial charge is 0.363 e. The van der Waals surface area contributed by atoms with Crippen molar-refractivity contribution in [2.24, 2.45) is 5.92 Å². The minimum Gasteiger partial charge on any atom is -0.363 e. The zero-order chi connectivity index (χ0) is 12.5. The Morgan fingerprint density at radius 3 is 3.00 bits per heavy atom. The molecule has 0 saturated carbocycles. The molecule has 3 rings (SSSR count). The lowest BCUT2D eigenvalue weighted by Crippen LogP contribution is -2.45. The average Bonchev–Trinajstić information content (AvgIpc) is 3.09. The Labute approximate surface area is 108 Å². The Morgan fingerprint density at radius 1 is 1.44 bits per heavy atom. The summed E-state index contributed by atoms with van der Waals surface area (Å²) in [6.07, 6.45) is 5.23. The third-order valence-electron chi connectivity index (χ3n) is 4.32. The Morgan fingerprint density at radius 2 is 2.33 bits per heavy atom. The van der Waals surface area contributed by atoms with E-state index < -0.39 is 0 Å². The van der Waals surface area contributed by atoms with Crippen molar-refractivity contribution in [3.05, 3.63) is 24.0 Å². The van der Waals surface area contributed by atoms with E-state index in [9.17, 15) is 4.79 Å². The molecule has 0 spiro atoms. The lowest BCUT2D eigenvalue weighted by atomic mass is 10.0. The summed E-state index contributed by atoms with van der Waals surface area (Å²) in [5, 5.41) is 3.35. The zero-order valence-electron chi connectivity index (χ0n) is 10.9.